The third-order valence-corrected chi connectivity index (χ3v) is 3.45. The number of rotatable bonds is 1. The Labute approximate surface area is 42.2 Å². The summed E-state index contributed by atoms with van der Waals surface area (Å²) in [6.45, 7) is 0. The standard InChI is InChI=1S/C3H5.H2O.Sn/c1-2-3-1;;/h1H,2-3H2;1H2;/q;;+1/p-1. The molecular weight excluding hydrogens is 171 g/mol. The topological polar surface area (TPSA) is 20.2 Å². The van der Waals surface area contributed by atoms with E-state index in [1.54, 1.807) is 0 Å². The van der Waals surface area contributed by atoms with Gasteiger partial charge in [0, 0.05) is 0 Å². The van der Waals surface area contributed by atoms with Crippen LogP contribution in [0.1, 0.15) is 12.8 Å². The van der Waals surface area contributed by atoms with Crippen LogP contribution in [0.4, 0.5) is 0 Å². The van der Waals surface area contributed by atoms with Gasteiger partial charge in [0.1, 0.15) is 0 Å². The second-order valence-corrected chi connectivity index (χ2v) is 4.47. The molecule has 2 radical (unpaired) electrons. The molecule has 0 aromatic carbocycles. The molecule has 0 atom stereocenters. The van der Waals surface area contributed by atoms with Crippen molar-refractivity contribution in [3.05, 3.63) is 0 Å². The van der Waals surface area contributed by atoms with Crippen LogP contribution in [0.5, 0.6) is 0 Å². The van der Waals surface area contributed by atoms with E-state index in [-0.39, 0.29) is 0 Å². The minimum absolute atomic E-state index is 0.754. The van der Waals surface area contributed by atoms with E-state index >= 15 is 0 Å². The van der Waals surface area contributed by atoms with E-state index in [0.29, 0.717) is 0 Å². The number of hydrogen-bond donors (Lipinski definition) is 1. The van der Waals surface area contributed by atoms with Gasteiger partial charge in [0.15, 0.2) is 0 Å². The number of hydrogen-bond acceptors (Lipinski definition) is 1. The molecule has 1 fully saturated rings. The minimum atomic E-state index is -0.754. The van der Waals surface area contributed by atoms with Gasteiger partial charge in [0.2, 0.25) is 0 Å². The summed E-state index contributed by atoms with van der Waals surface area (Å²) in [7, 11) is 0. The van der Waals surface area contributed by atoms with Gasteiger partial charge in [0.05, 0.1) is 0 Å². The van der Waals surface area contributed by atoms with Crippen LogP contribution < -0.4 is 0 Å². The van der Waals surface area contributed by atoms with Crippen LogP contribution >= 0.6 is 0 Å². The average Bonchev–Trinajstić information content (AvgIpc) is 2.12. The maximum absolute atomic E-state index is 8.38. The molecule has 0 bridgehead atoms. The van der Waals surface area contributed by atoms with Gasteiger partial charge in [0.25, 0.3) is 0 Å². The van der Waals surface area contributed by atoms with Crippen molar-refractivity contribution in [1.29, 1.82) is 0 Å². The zero-order valence-corrected chi connectivity index (χ0v) is 5.79. The van der Waals surface area contributed by atoms with Gasteiger partial charge in [-0.15, -0.1) is 0 Å². The molecule has 0 unspecified atom stereocenters. The first-order valence-electron chi connectivity index (χ1n) is 1.83. The first-order chi connectivity index (χ1) is 2.43. The Morgan fingerprint density at radius 3 is 2.20 bits per heavy atom. The first kappa shape index (κ1) is 3.93. The fourth-order valence-corrected chi connectivity index (χ4v) is 1.43. The third-order valence-electron chi connectivity index (χ3n) is 0.760. The van der Waals surface area contributed by atoms with Gasteiger partial charge in [-0.25, -0.2) is 0 Å². The van der Waals surface area contributed by atoms with E-state index in [4.69, 9.17) is 3.44 Å². The average molecular weight is 177 g/mol. The van der Waals surface area contributed by atoms with E-state index in [9.17, 15) is 0 Å². The van der Waals surface area contributed by atoms with Gasteiger partial charge < -0.3 is 0 Å². The normalized spacial score (nSPS) is 23.4. The Morgan fingerprint density at radius 2 is 2.20 bits per heavy atom. The van der Waals surface area contributed by atoms with Crippen LogP contribution in [-0.2, 0) is 0 Å². The third kappa shape index (κ3) is 1.09. The van der Waals surface area contributed by atoms with Crippen molar-refractivity contribution in [3.63, 3.8) is 0 Å². The van der Waals surface area contributed by atoms with Crippen LogP contribution in [0.2, 0.25) is 3.93 Å². The van der Waals surface area contributed by atoms with Gasteiger partial charge >= 0.3 is 41.8 Å². The molecule has 28 valence electrons. The fraction of sp³-hybridized carbons (Fsp3) is 1.00. The van der Waals surface area contributed by atoms with E-state index in [1.165, 1.54) is 12.8 Å². The summed E-state index contributed by atoms with van der Waals surface area (Å²) in [5.41, 5.74) is 0. The molecule has 1 aliphatic rings. The quantitative estimate of drug-likeness (QED) is 0.566. The molecule has 0 aliphatic heterocycles. The Morgan fingerprint density at radius 1 is 1.60 bits per heavy atom. The Balaban J connectivity index is 2.00. The predicted molar refractivity (Wildman–Crippen MR) is 21.0 cm³/mol. The van der Waals surface area contributed by atoms with E-state index in [1.807, 2.05) is 0 Å². The summed E-state index contributed by atoms with van der Waals surface area (Å²) in [6.07, 6.45) is 2.67. The summed E-state index contributed by atoms with van der Waals surface area (Å²) in [6, 6.07) is 0. The van der Waals surface area contributed by atoms with Gasteiger partial charge in [-0.1, -0.05) is 0 Å². The zero-order chi connectivity index (χ0) is 3.70. The van der Waals surface area contributed by atoms with E-state index in [2.05, 4.69) is 0 Å². The Bertz CT molecular complexity index is 33.9. The van der Waals surface area contributed by atoms with Crippen LogP contribution in [0.25, 0.3) is 0 Å². The Hall–Kier alpha value is 0.759. The monoisotopic (exact) mass is 178 g/mol. The van der Waals surface area contributed by atoms with Crippen molar-refractivity contribution >= 4 is 21.6 Å². The fourth-order valence-electron chi connectivity index (χ4n) is 0.212. The second-order valence-electron chi connectivity index (χ2n) is 1.40. The summed E-state index contributed by atoms with van der Waals surface area (Å²) >= 11 is -0.754. The SMILES string of the molecule is [OH][Sn][CH]1CC1. The molecule has 2 heteroatoms. The van der Waals surface area contributed by atoms with Crippen molar-refractivity contribution in [1.82, 2.24) is 0 Å². The zero-order valence-electron chi connectivity index (χ0n) is 2.94. The Kier molecular flexibility index (Phi) is 1.16. The molecule has 0 amide bonds. The summed E-state index contributed by atoms with van der Waals surface area (Å²) in [5, 5.41) is 0. The van der Waals surface area contributed by atoms with Crippen LogP contribution in [0, 0.1) is 0 Å². The maximum atomic E-state index is 8.38. The molecule has 0 aromatic rings. The molecule has 0 heterocycles. The molecule has 0 saturated heterocycles. The van der Waals surface area contributed by atoms with Gasteiger partial charge in [-0.3, -0.25) is 0 Å². The molecule has 1 saturated carbocycles. The van der Waals surface area contributed by atoms with E-state index in [0.717, 1.165) is 3.93 Å². The van der Waals surface area contributed by atoms with Crippen molar-refractivity contribution < 1.29 is 3.44 Å². The van der Waals surface area contributed by atoms with Crippen LogP contribution in [-0.4, -0.2) is 25.0 Å². The predicted octanol–water partition coefficient (Wildman–Crippen LogP) is 0.180. The van der Waals surface area contributed by atoms with E-state index < -0.39 is 21.6 Å². The summed E-state index contributed by atoms with van der Waals surface area (Å²) < 4.78 is 9.24. The molecule has 1 rings (SSSR count). The van der Waals surface area contributed by atoms with Crippen molar-refractivity contribution in [2.45, 2.75) is 16.8 Å². The molecule has 1 aliphatic carbocycles. The molecule has 1 nitrogen and oxygen atoms in total. The van der Waals surface area contributed by atoms with Crippen molar-refractivity contribution in [3.8, 4) is 0 Å². The van der Waals surface area contributed by atoms with Crippen molar-refractivity contribution in [2.24, 2.45) is 0 Å². The van der Waals surface area contributed by atoms with Crippen LogP contribution in [0.3, 0.4) is 0 Å². The van der Waals surface area contributed by atoms with Gasteiger partial charge in [-0.05, 0) is 0 Å². The molecule has 0 aromatic heterocycles. The van der Waals surface area contributed by atoms with Crippen molar-refractivity contribution in [2.75, 3.05) is 0 Å². The summed E-state index contributed by atoms with van der Waals surface area (Å²) in [4.78, 5) is 0. The molecular formula is C3H6OSn. The molecule has 5 heavy (non-hydrogen) atoms. The molecule has 0 spiro atoms. The molecule has 1 N–H and O–H groups in total. The van der Waals surface area contributed by atoms with Crippen LogP contribution in [0.15, 0.2) is 0 Å². The summed E-state index contributed by atoms with van der Waals surface area (Å²) in [5.74, 6) is 0. The second kappa shape index (κ2) is 1.47. The van der Waals surface area contributed by atoms with Gasteiger partial charge in [-0.2, -0.15) is 0 Å². The first-order valence-corrected chi connectivity index (χ1v) is 4.75.